The lowest BCUT2D eigenvalue weighted by atomic mass is 9.98. The summed E-state index contributed by atoms with van der Waals surface area (Å²) >= 11 is 0. The van der Waals surface area contributed by atoms with E-state index in [0.29, 0.717) is 19.0 Å². The molecular formula is C14H21N3O. The van der Waals surface area contributed by atoms with Gasteiger partial charge in [0.1, 0.15) is 0 Å². The molecule has 0 saturated carbocycles. The van der Waals surface area contributed by atoms with E-state index in [0.717, 1.165) is 13.0 Å². The standard InChI is InChI=1S/C14H21N3O/c1-10(14(16)18)8-17-9-11(6-7-15)12-4-2-3-5-13(12)17/h2-5,10-11H,6-9,15H2,1H3,(H2,16,18). The first-order chi connectivity index (χ1) is 8.63. The molecule has 0 aliphatic carbocycles. The minimum atomic E-state index is -0.241. The molecular weight excluding hydrogens is 226 g/mol. The van der Waals surface area contributed by atoms with Crippen LogP contribution in [0.5, 0.6) is 0 Å². The predicted molar refractivity (Wildman–Crippen MR) is 73.4 cm³/mol. The van der Waals surface area contributed by atoms with Gasteiger partial charge in [-0.25, -0.2) is 0 Å². The highest BCUT2D eigenvalue weighted by Gasteiger charge is 2.29. The second-order valence-electron chi connectivity index (χ2n) is 5.04. The van der Waals surface area contributed by atoms with Crippen LogP contribution in [0.3, 0.4) is 0 Å². The molecule has 4 N–H and O–H groups in total. The van der Waals surface area contributed by atoms with Gasteiger partial charge in [0.05, 0.1) is 5.92 Å². The van der Waals surface area contributed by atoms with Crippen molar-refractivity contribution in [3.63, 3.8) is 0 Å². The second kappa shape index (κ2) is 5.40. The summed E-state index contributed by atoms with van der Waals surface area (Å²) in [6.07, 6.45) is 0.985. The molecule has 98 valence electrons. The van der Waals surface area contributed by atoms with Gasteiger partial charge in [-0.2, -0.15) is 0 Å². The summed E-state index contributed by atoms with van der Waals surface area (Å²) < 4.78 is 0. The Morgan fingerprint density at radius 1 is 1.50 bits per heavy atom. The number of fused-ring (bicyclic) bond motifs is 1. The largest absolute Gasteiger partial charge is 0.370 e. The number of para-hydroxylation sites is 1. The van der Waals surface area contributed by atoms with Crippen molar-refractivity contribution in [2.75, 3.05) is 24.5 Å². The van der Waals surface area contributed by atoms with Crippen LogP contribution in [0.1, 0.15) is 24.8 Å². The molecule has 2 unspecified atom stereocenters. The molecule has 0 saturated heterocycles. The lowest BCUT2D eigenvalue weighted by molar-refractivity contribution is -0.121. The lowest BCUT2D eigenvalue weighted by Crippen LogP contribution is -2.34. The lowest BCUT2D eigenvalue weighted by Gasteiger charge is -2.22. The van der Waals surface area contributed by atoms with Crippen molar-refractivity contribution >= 4 is 11.6 Å². The first kappa shape index (κ1) is 12.9. The summed E-state index contributed by atoms with van der Waals surface area (Å²) in [5.41, 5.74) is 13.6. The maximum atomic E-state index is 11.2. The van der Waals surface area contributed by atoms with E-state index in [1.165, 1.54) is 11.3 Å². The van der Waals surface area contributed by atoms with Crippen LogP contribution in [-0.2, 0) is 4.79 Å². The van der Waals surface area contributed by atoms with Gasteiger partial charge in [-0.05, 0) is 24.6 Å². The highest BCUT2D eigenvalue weighted by molar-refractivity contribution is 5.77. The Kier molecular flexibility index (Phi) is 3.87. The van der Waals surface area contributed by atoms with Crippen molar-refractivity contribution in [3.05, 3.63) is 29.8 Å². The van der Waals surface area contributed by atoms with Gasteiger partial charge >= 0.3 is 0 Å². The minimum absolute atomic E-state index is 0.130. The number of rotatable bonds is 5. The molecule has 1 aromatic rings. The Bertz CT molecular complexity index is 433. The summed E-state index contributed by atoms with van der Waals surface area (Å²) in [4.78, 5) is 13.4. The molecule has 1 amide bonds. The van der Waals surface area contributed by atoms with Crippen LogP contribution in [-0.4, -0.2) is 25.5 Å². The summed E-state index contributed by atoms with van der Waals surface area (Å²) in [7, 11) is 0. The van der Waals surface area contributed by atoms with E-state index in [9.17, 15) is 4.79 Å². The highest BCUT2D eigenvalue weighted by atomic mass is 16.1. The molecule has 1 aliphatic heterocycles. The maximum Gasteiger partial charge on any atom is 0.222 e. The van der Waals surface area contributed by atoms with E-state index in [1.54, 1.807) is 0 Å². The summed E-state index contributed by atoms with van der Waals surface area (Å²) in [6, 6.07) is 8.36. The normalized spacial score (nSPS) is 19.7. The quantitative estimate of drug-likeness (QED) is 0.817. The van der Waals surface area contributed by atoms with Crippen molar-refractivity contribution in [1.82, 2.24) is 0 Å². The first-order valence-corrected chi connectivity index (χ1v) is 6.46. The predicted octanol–water partition coefficient (Wildman–Crippen LogP) is 1.06. The zero-order valence-corrected chi connectivity index (χ0v) is 10.8. The monoisotopic (exact) mass is 247 g/mol. The van der Waals surface area contributed by atoms with Gasteiger partial charge in [-0.3, -0.25) is 4.79 Å². The number of hydrogen-bond donors (Lipinski definition) is 2. The minimum Gasteiger partial charge on any atom is -0.370 e. The van der Waals surface area contributed by atoms with Gasteiger partial charge in [-0.1, -0.05) is 25.1 Å². The first-order valence-electron chi connectivity index (χ1n) is 6.46. The third kappa shape index (κ3) is 2.48. The van der Waals surface area contributed by atoms with Crippen LogP contribution in [0, 0.1) is 5.92 Å². The molecule has 2 rings (SSSR count). The van der Waals surface area contributed by atoms with Crippen LogP contribution in [0.4, 0.5) is 5.69 Å². The van der Waals surface area contributed by atoms with Crippen LogP contribution < -0.4 is 16.4 Å². The zero-order valence-electron chi connectivity index (χ0n) is 10.8. The number of amides is 1. The van der Waals surface area contributed by atoms with E-state index in [2.05, 4.69) is 23.1 Å². The molecule has 0 fully saturated rings. The molecule has 4 heteroatoms. The third-order valence-electron chi connectivity index (χ3n) is 3.65. The topological polar surface area (TPSA) is 72.3 Å². The highest BCUT2D eigenvalue weighted by Crippen LogP contribution is 2.37. The van der Waals surface area contributed by atoms with Gasteiger partial charge in [0.25, 0.3) is 0 Å². The number of carbonyl (C=O) groups excluding carboxylic acids is 1. The van der Waals surface area contributed by atoms with E-state index in [1.807, 2.05) is 13.0 Å². The smallest absolute Gasteiger partial charge is 0.222 e. The fraction of sp³-hybridized carbons (Fsp3) is 0.500. The third-order valence-corrected chi connectivity index (χ3v) is 3.65. The van der Waals surface area contributed by atoms with Gasteiger partial charge < -0.3 is 16.4 Å². The van der Waals surface area contributed by atoms with Gasteiger partial charge in [0.2, 0.25) is 5.91 Å². The molecule has 0 aromatic heterocycles. The van der Waals surface area contributed by atoms with E-state index < -0.39 is 0 Å². The summed E-state index contributed by atoms with van der Waals surface area (Å²) in [6.45, 7) is 4.20. The number of carbonyl (C=O) groups is 1. The van der Waals surface area contributed by atoms with Crippen molar-refractivity contribution < 1.29 is 4.79 Å². The number of benzene rings is 1. The number of hydrogen-bond acceptors (Lipinski definition) is 3. The molecule has 4 nitrogen and oxygen atoms in total. The molecule has 2 atom stereocenters. The van der Waals surface area contributed by atoms with Crippen LogP contribution in [0.25, 0.3) is 0 Å². The van der Waals surface area contributed by atoms with Crippen molar-refractivity contribution in [3.8, 4) is 0 Å². The molecule has 1 aromatic carbocycles. The average Bonchev–Trinajstić information content (AvgIpc) is 2.69. The van der Waals surface area contributed by atoms with Crippen molar-refractivity contribution in [2.24, 2.45) is 17.4 Å². The Labute approximate surface area is 108 Å². The number of primary amides is 1. The van der Waals surface area contributed by atoms with Crippen LogP contribution >= 0.6 is 0 Å². The van der Waals surface area contributed by atoms with Crippen LogP contribution in [0.2, 0.25) is 0 Å². The van der Waals surface area contributed by atoms with E-state index in [-0.39, 0.29) is 11.8 Å². The molecule has 0 radical (unpaired) electrons. The van der Waals surface area contributed by atoms with Crippen molar-refractivity contribution in [1.29, 1.82) is 0 Å². The number of nitrogens with zero attached hydrogens (tertiary/aromatic N) is 1. The van der Waals surface area contributed by atoms with Gasteiger partial charge in [0.15, 0.2) is 0 Å². The van der Waals surface area contributed by atoms with Gasteiger partial charge in [-0.15, -0.1) is 0 Å². The summed E-state index contributed by atoms with van der Waals surface area (Å²) in [5, 5.41) is 0. The fourth-order valence-electron chi connectivity index (χ4n) is 2.62. The SMILES string of the molecule is CC(CN1CC(CCN)c2ccccc21)C(N)=O. The number of nitrogens with two attached hydrogens (primary N) is 2. The Morgan fingerprint density at radius 3 is 2.89 bits per heavy atom. The second-order valence-corrected chi connectivity index (χ2v) is 5.04. The molecule has 18 heavy (non-hydrogen) atoms. The molecule has 0 spiro atoms. The Hall–Kier alpha value is -1.55. The fourth-order valence-corrected chi connectivity index (χ4v) is 2.62. The average molecular weight is 247 g/mol. The van der Waals surface area contributed by atoms with E-state index >= 15 is 0 Å². The van der Waals surface area contributed by atoms with Crippen molar-refractivity contribution in [2.45, 2.75) is 19.3 Å². The molecule has 1 heterocycles. The van der Waals surface area contributed by atoms with Crippen LogP contribution in [0.15, 0.2) is 24.3 Å². The maximum absolute atomic E-state index is 11.2. The zero-order chi connectivity index (χ0) is 13.1. The molecule has 0 bridgehead atoms. The summed E-state index contributed by atoms with van der Waals surface area (Å²) in [5.74, 6) is 0.107. The Balaban J connectivity index is 2.17. The molecule has 1 aliphatic rings. The van der Waals surface area contributed by atoms with E-state index in [4.69, 9.17) is 11.5 Å². The van der Waals surface area contributed by atoms with Gasteiger partial charge in [0, 0.05) is 24.7 Å². The number of anilines is 1. The Morgan fingerprint density at radius 2 is 2.22 bits per heavy atom.